The van der Waals surface area contributed by atoms with Crippen molar-refractivity contribution in [2.75, 3.05) is 14.2 Å². The molecule has 1 N–H and O–H groups in total. The summed E-state index contributed by atoms with van der Waals surface area (Å²) in [5.74, 6) is -0.367. The fourth-order valence-electron chi connectivity index (χ4n) is 2.00. The Hall–Kier alpha value is -2.04. The molecule has 0 saturated heterocycles. The minimum absolute atomic E-state index is 0.00817. The van der Waals surface area contributed by atoms with Gasteiger partial charge in [0.1, 0.15) is 5.75 Å². The number of rotatable bonds is 7. The molecule has 20 heavy (non-hydrogen) atoms. The van der Waals surface area contributed by atoms with E-state index in [-0.39, 0.29) is 24.7 Å². The molecule has 1 atom stereocenters. The third-order valence-electron chi connectivity index (χ3n) is 3.07. The summed E-state index contributed by atoms with van der Waals surface area (Å²) in [5.41, 5.74) is 0.928. The van der Waals surface area contributed by atoms with E-state index in [0.29, 0.717) is 6.54 Å². The van der Waals surface area contributed by atoms with Crippen molar-refractivity contribution in [2.45, 2.75) is 26.3 Å². The molecule has 1 rings (SSSR count). The third-order valence-corrected chi connectivity index (χ3v) is 3.07. The van der Waals surface area contributed by atoms with Crippen LogP contribution in [0.2, 0.25) is 0 Å². The van der Waals surface area contributed by atoms with E-state index in [1.165, 1.54) is 0 Å². The average Bonchev–Trinajstić information content (AvgIpc) is 2.38. The second-order valence-electron chi connectivity index (χ2n) is 4.97. The van der Waals surface area contributed by atoms with Crippen LogP contribution in [0.5, 0.6) is 5.75 Å². The molecule has 0 aliphatic carbocycles. The lowest BCUT2D eigenvalue weighted by Crippen LogP contribution is -2.28. The van der Waals surface area contributed by atoms with E-state index >= 15 is 0 Å². The van der Waals surface area contributed by atoms with Gasteiger partial charge in [-0.2, -0.15) is 0 Å². The summed E-state index contributed by atoms with van der Waals surface area (Å²) >= 11 is 0. The molecule has 0 aliphatic heterocycles. The van der Waals surface area contributed by atoms with Crippen molar-refractivity contribution in [2.24, 2.45) is 5.92 Å². The highest BCUT2D eigenvalue weighted by Gasteiger charge is 2.16. The van der Waals surface area contributed by atoms with E-state index in [9.17, 15) is 9.59 Å². The van der Waals surface area contributed by atoms with Crippen LogP contribution in [0.1, 0.15) is 25.3 Å². The van der Waals surface area contributed by atoms with Crippen molar-refractivity contribution in [1.29, 1.82) is 0 Å². The Balaban J connectivity index is 2.59. The van der Waals surface area contributed by atoms with Gasteiger partial charge in [-0.3, -0.25) is 9.59 Å². The van der Waals surface area contributed by atoms with E-state index in [0.717, 1.165) is 11.3 Å². The molecule has 0 bridgehead atoms. The van der Waals surface area contributed by atoms with Gasteiger partial charge < -0.3 is 14.7 Å². The first-order chi connectivity index (χ1) is 9.43. The minimum Gasteiger partial charge on any atom is -0.496 e. The van der Waals surface area contributed by atoms with Crippen molar-refractivity contribution < 1.29 is 19.4 Å². The summed E-state index contributed by atoms with van der Waals surface area (Å²) in [6.45, 7) is 2.21. The van der Waals surface area contributed by atoms with Crippen molar-refractivity contribution in [3.05, 3.63) is 29.8 Å². The van der Waals surface area contributed by atoms with Crippen LogP contribution in [0.15, 0.2) is 24.3 Å². The lowest BCUT2D eigenvalue weighted by atomic mass is 10.0. The lowest BCUT2D eigenvalue weighted by molar-refractivity contribution is -0.138. The highest BCUT2D eigenvalue weighted by molar-refractivity contribution is 5.77. The maximum Gasteiger partial charge on any atom is 0.303 e. The van der Waals surface area contributed by atoms with Gasteiger partial charge in [0.15, 0.2) is 0 Å². The molecule has 0 heterocycles. The quantitative estimate of drug-likeness (QED) is 0.830. The molecule has 0 aromatic heterocycles. The maximum atomic E-state index is 12.0. The number of carbonyl (C=O) groups excluding carboxylic acids is 1. The van der Waals surface area contributed by atoms with Crippen LogP contribution in [0, 0.1) is 5.92 Å². The predicted molar refractivity (Wildman–Crippen MR) is 75.5 cm³/mol. The van der Waals surface area contributed by atoms with Crippen LogP contribution >= 0.6 is 0 Å². The molecule has 0 spiro atoms. The standard InChI is InChI=1S/C15H21NO4/c1-11(9-15(18)19)8-14(17)16(2)10-12-6-4-5-7-13(12)20-3/h4-7,11H,8-10H2,1-3H3,(H,18,19). The Morgan fingerprint density at radius 3 is 2.55 bits per heavy atom. The number of hydrogen-bond acceptors (Lipinski definition) is 3. The van der Waals surface area contributed by atoms with Crippen molar-refractivity contribution >= 4 is 11.9 Å². The lowest BCUT2D eigenvalue weighted by Gasteiger charge is -2.20. The molecule has 1 unspecified atom stereocenters. The largest absolute Gasteiger partial charge is 0.496 e. The minimum atomic E-state index is -0.877. The maximum absolute atomic E-state index is 12.0. The molecule has 0 aliphatic rings. The van der Waals surface area contributed by atoms with Crippen LogP contribution in [0.4, 0.5) is 0 Å². The van der Waals surface area contributed by atoms with Gasteiger partial charge in [0.25, 0.3) is 0 Å². The van der Waals surface area contributed by atoms with Crippen LogP contribution in [-0.4, -0.2) is 36.0 Å². The van der Waals surface area contributed by atoms with Crippen molar-refractivity contribution in [3.63, 3.8) is 0 Å². The van der Waals surface area contributed by atoms with Gasteiger partial charge in [-0.05, 0) is 12.0 Å². The van der Waals surface area contributed by atoms with Gasteiger partial charge >= 0.3 is 5.97 Å². The van der Waals surface area contributed by atoms with Gasteiger partial charge in [0.05, 0.1) is 7.11 Å². The molecule has 1 aromatic carbocycles. The third kappa shape index (κ3) is 4.91. The van der Waals surface area contributed by atoms with Gasteiger partial charge in [0, 0.05) is 32.0 Å². The van der Waals surface area contributed by atoms with Crippen LogP contribution < -0.4 is 4.74 Å². The molecule has 5 heteroatoms. The molecule has 5 nitrogen and oxygen atoms in total. The van der Waals surface area contributed by atoms with E-state index in [1.807, 2.05) is 24.3 Å². The average molecular weight is 279 g/mol. The summed E-state index contributed by atoms with van der Waals surface area (Å²) in [5, 5.41) is 8.70. The topological polar surface area (TPSA) is 66.8 Å². The number of amides is 1. The van der Waals surface area contributed by atoms with Crippen molar-refractivity contribution in [3.8, 4) is 5.75 Å². The number of ether oxygens (including phenoxy) is 1. The van der Waals surface area contributed by atoms with Crippen LogP contribution in [-0.2, 0) is 16.1 Å². The number of carboxylic acids is 1. The number of benzene rings is 1. The number of aliphatic carboxylic acids is 1. The Bertz CT molecular complexity index is 473. The van der Waals surface area contributed by atoms with E-state index in [1.54, 1.807) is 26.0 Å². The Labute approximate surface area is 119 Å². The molecule has 0 radical (unpaired) electrons. The summed E-state index contributed by atoms with van der Waals surface area (Å²) in [6.07, 6.45) is 0.242. The van der Waals surface area contributed by atoms with Crippen LogP contribution in [0.25, 0.3) is 0 Å². The van der Waals surface area contributed by atoms with E-state index < -0.39 is 5.97 Å². The zero-order valence-electron chi connectivity index (χ0n) is 12.1. The number of para-hydroxylation sites is 1. The first-order valence-corrected chi connectivity index (χ1v) is 6.51. The van der Waals surface area contributed by atoms with Crippen LogP contribution in [0.3, 0.4) is 0 Å². The van der Waals surface area contributed by atoms with E-state index in [2.05, 4.69) is 0 Å². The molecule has 1 aromatic rings. The number of carboxylic acid groups (broad SMARTS) is 1. The Morgan fingerprint density at radius 1 is 1.30 bits per heavy atom. The van der Waals surface area contributed by atoms with Gasteiger partial charge in [0.2, 0.25) is 5.91 Å². The normalized spacial score (nSPS) is 11.8. The molecule has 1 amide bonds. The smallest absolute Gasteiger partial charge is 0.303 e. The predicted octanol–water partition coefficient (Wildman–Crippen LogP) is 2.15. The first-order valence-electron chi connectivity index (χ1n) is 6.51. The second kappa shape index (κ2) is 7.53. The number of carbonyl (C=O) groups is 2. The molecule has 110 valence electrons. The SMILES string of the molecule is COc1ccccc1CN(C)C(=O)CC(C)CC(=O)O. The molecular weight excluding hydrogens is 258 g/mol. The van der Waals surface area contributed by atoms with Gasteiger partial charge in [-0.25, -0.2) is 0 Å². The summed E-state index contributed by atoms with van der Waals surface area (Å²) in [6, 6.07) is 7.52. The highest BCUT2D eigenvalue weighted by Crippen LogP contribution is 2.19. The fraction of sp³-hybridized carbons (Fsp3) is 0.467. The van der Waals surface area contributed by atoms with Crippen molar-refractivity contribution in [1.82, 2.24) is 4.90 Å². The number of hydrogen-bond donors (Lipinski definition) is 1. The van der Waals surface area contributed by atoms with E-state index in [4.69, 9.17) is 9.84 Å². The Morgan fingerprint density at radius 2 is 1.95 bits per heavy atom. The second-order valence-corrected chi connectivity index (χ2v) is 4.97. The monoisotopic (exact) mass is 279 g/mol. The highest BCUT2D eigenvalue weighted by atomic mass is 16.5. The first kappa shape index (κ1) is 16.0. The molecule has 0 saturated carbocycles. The zero-order chi connectivity index (χ0) is 15.1. The summed E-state index contributed by atoms with van der Waals surface area (Å²) in [7, 11) is 3.30. The zero-order valence-corrected chi connectivity index (χ0v) is 12.1. The molecular formula is C15H21NO4. The van der Waals surface area contributed by atoms with Gasteiger partial charge in [-0.1, -0.05) is 25.1 Å². The number of nitrogens with zero attached hydrogens (tertiary/aromatic N) is 1. The fourth-order valence-corrected chi connectivity index (χ4v) is 2.00. The Kier molecular flexibility index (Phi) is 6.03. The summed E-state index contributed by atoms with van der Waals surface area (Å²) < 4.78 is 5.24. The molecule has 0 fully saturated rings. The number of methoxy groups -OCH3 is 1. The van der Waals surface area contributed by atoms with Gasteiger partial charge in [-0.15, -0.1) is 0 Å². The summed E-state index contributed by atoms with van der Waals surface area (Å²) in [4.78, 5) is 24.2.